The van der Waals surface area contributed by atoms with Gasteiger partial charge in [-0.05, 0) is 30.3 Å². The van der Waals surface area contributed by atoms with Gasteiger partial charge in [-0.15, -0.1) is 10.2 Å². The van der Waals surface area contributed by atoms with Crippen LogP contribution in [0.2, 0.25) is 0 Å². The highest BCUT2D eigenvalue weighted by Crippen LogP contribution is 2.35. The summed E-state index contributed by atoms with van der Waals surface area (Å²) in [4.78, 5) is 26.4. The fourth-order valence-corrected chi connectivity index (χ4v) is 4.02. The molecule has 0 saturated carbocycles. The van der Waals surface area contributed by atoms with E-state index in [1.165, 1.54) is 11.8 Å². The Kier molecular flexibility index (Phi) is 4.55. The minimum atomic E-state index is -0.549. The first-order valence-corrected chi connectivity index (χ1v) is 10.1. The normalized spacial score (nSPS) is 15.4. The van der Waals surface area contributed by atoms with Crippen molar-refractivity contribution in [1.82, 2.24) is 19.7 Å². The van der Waals surface area contributed by atoms with Crippen molar-refractivity contribution in [3.63, 3.8) is 0 Å². The number of nitrogens with zero attached hydrogens (tertiary/aromatic N) is 3. The number of ether oxygens (including phenoxy) is 2. The molecule has 0 fully saturated rings. The SMILES string of the molecule is Cn1c(SCC(=O)c2ccc3[nH]c(=O)oc3c2)nnc1C1COc2ccccc2O1. The number of ketones is 1. The monoisotopic (exact) mass is 424 g/mol. The Balaban J connectivity index is 1.28. The van der Waals surface area contributed by atoms with Crippen LogP contribution in [-0.4, -0.2) is 37.9 Å². The predicted molar refractivity (Wildman–Crippen MR) is 108 cm³/mol. The van der Waals surface area contributed by atoms with Crippen LogP contribution in [0.5, 0.6) is 11.5 Å². The summed E-state index contributed by atoms with van der Waals surface area (Å²) in [7, 11) is 1.83. The van der Waals surface area contributed by atoms with E-state index in [0.717, 1.165) is 0 Å². The highest BCUT2D eigenvalue weighted by molar-refractivity contribution is 7.99. The van der Waals surface area contributed by atoms with Gasteiger partial charge in [0.2, 0.25) is 0 Å². The second-order valence-electron chi connectivity index (χ2n) is 6.70. The number of para-hydroxylation sites is 2. The molecule has 5 rings (SSSR count). The molecule has 1 unspecified atom stereocenters. The number of H-pyrrole nitrogens is 1. The summed E-state index contributed by atoms with van der Waals surface area (Å²) in [5, 5.41) is 9.01. The summed E-state index contributed by atoms with van der Waals surface area (Å²) in [6.45, 7) is 0.328. The highest BCUT2D eigenvalue weighted by atomic mass is 32.2. The number of oxazole rings is 1. The maximum Gasteiger partial charge on any atom is 0.417 e. The minimum absolute atomic E-state index is 0.110. The van der Waals surface area contributed by atoms with Crippen LogP contribution in [-0.2, 0) is 7.05 Å². The van der Waals surface area contributed by atoms with E-state index in [1.54, 1.807) is 22.8 Å². The number of carbonyl (C=O) groups excluding carboxylic acids is 1. The third-order valence-corrected chi connectivity index (χ3v) is 5.76. The topological polar surface area (TPSA) is 112 Å². The lowest BCUT2D eigenvalue weighted by atomic mass is 10.1. The molecule has 2 aromatic heterocycles. The van der Waals surface area contributed by atoms with Crippen LogP contribution in [0.4, 0.5) is 0 Å². The van der Waals surface area contributed by atoms with Gasteiger partial charge in [0, 0.05) is 12.6 Å². The lowest BCUT2D eigenvalue weighted by molar-refractivity contribution is 0.0825. The minimum Gasteiger partial charge on any atom is -0.485 e. The summed E-state index contributed by atoms with van der Waals surface area (Å²) in [6.07, 6.45) is -0.388. The first kappa shape index (κ1) is 18.5. The number of Topliss-reactive ketones (excluding diaryl/α,β-unsaturated/α-hetero) is 1. The number of benzene rings is 2. The first-order valence-electron chi connectivity index (χ1n) is 9.15. The lowest BCUT2D eigenvalue weighted by Crippen LogP contribution is -2.24. The molecular weight excluding hydrogens is 408 g/mol. The van der Waals surface area contributed by atoms with Gasteiger partial charge in [-0.3, -0.25) is 9.78 Å². The molecule has 1 N–H and O–H groups in total. The van der Waals surface area contributed by atoms with Crippen molar-refractivity contribution in [2.45, 2.75) is 11.3 Å². The van der Waals surface area contributed by atoms with Gasteiger partial charge in [0.05, 0.1) is 11.3 Å². The van der Waals surface area contributed by atoms with Crippen LogP contribution in [0.1, 0.15) is 22.3 Å². The molecule has 0 bridgehead atoms. The van der Waals surface area contributed by atoms with Gasteiger partial charge in [0.1, 0.15) is 6.61 Å². The lowest BCUT2D eigenvalue weighted by Gasteiger charge is -2.25. The molecular formula is C20H16N4O5S. The van der Waals surface area contributed by atoms with Gasteiger partial charge >= 0.3 is 5.76 Å². The third kappa shape index (κ3) is 3.35. The van der Waals surface area contributed by atoms with Crippen molar-refractivity contribution in [3.05, 3.63) is 64.4 Å². The van der Waals surface area contributed by atoms with Crippen molar-refractivity contribution in [2.24, 2.45) is 7.05 Å². The van der Waals surface area contributed by atoms with Crippen molar-refractivity contribution < 1.29 is 18.7 Å². The molecule has 30 heavy (non-hydrogen) atoms. The van der Waals surface area contributed by atoms with Crippen LogP contribution in [0.15, 0.2) is 56.8 Å². The van der Waals surface area contributed by atoms with Crippen molar-refractivity contribution in [1.29, 1.82) is 0 Å². The van der Waals surface area contributed by atoms with Crippen LogP contribution >= 0.6 is 11.8 Å². The van der Waals surface area contributed by atoms with Crippen LogP contribution in [0, 0.1) is 0 Å². The maximum absolute atomic E-state index is 12.6. The van der Waals surface area contributed by atoms with Gasteiger partial charge in [-0.25, -0.2) is 4.79 Å². The molecule has 1 aliphatic rings. The van der Waals surface area contributed by atoms with Crippen LogP contribution < -0.4 is 15.2 Å². The Morgan fingerprint density at radius 1 is 1.23 bits per heavy atom. The molecule has 3 heterocycles. The van der Waals surface area contributed by atoms with Crippen molar-refractivity contribution in [3.8, 4) is 11.5 Å². The number of hydrogen-bond acceptors (Lipinski definition) is 8. The Labute approximate surface area is 174 Å². The first-order chi connectivity index (χ1) is 14.6. The van der Waals surface area contributed by atoms with E-state index >= 15 is 0 Å². The van der Waals surface area contributed by atoms with Crippen molar-refractivity contribution in [2.75, 3.05) is 12.4 Å². The molecule has 0 aliphatic carbocycles. The molecule has 4 aromatic rings. The Bertz CT molecular complexity index is 1310. The average Bonchev–Trinajstić information content (AvgIpc) is 3.32. The maximum atomic E-state index is 12.6. The van der Waals surface area contributed by atoms with Crippen LogP contribution in [0.3, 0.4) is 0 Å². The van der Waals surface area contributed by atoms with Gasteiger partial charge in [0.25, 0.3) is 0 Å². The zero-order chi connectivity index (χ0) is 20.7. The smallest absolute Gasteiger partial charge is 0.417 e. The third-order valence-electron chi connectivity index (χ3n) is 4.74. The number of nitrogens with one attached hydrogen (secondary N) is 1. The Morgan fingerprint density at radius 2 is 2.07 bits per heavy atom. The quantitative estimate of drug-likeness (QED) is 0.384. The number of fused-ring (bicyclic) bond motifs is 2. The fourth-order valence-electron chi connectivity index (χ4n) is 3.21. The molecule has 152 valence electrons. The highest BCUT2D eigenvalue weighted by Gasteiger charge is 2.27. The van der Waals surface area contributed by atoms with E-state index in [9.17, 15) is 9.59 Å². The summed E-state index contributed by atoms with van der Waals surface area (Å²) >= 11 is 1.27. The van der Waals surface area contributed by atoms with E-state index in [0.29, 0.717) is 45.7 Å². The van der Waals surface area contributed by atoms with E-state index in [1.807, 2.05) is 31.3 Å². The van der Waals surface area contributed by atoms with E-state index in [-0.39, 0.29) is 17.6 Å². The number of carbonyl (C=O) groups is 1. The summed E-state index contributed by atoms with van der Waals surface area (Å²) < 4.78 is 18.5. The van der Waals surface area contributed by atoms with Gasteiger partial charge in [0.15, 0.2) is 40.0 Å². The number of rotatable bonds is 5. The molecule has 2 aromatic carbocycles. The molecule has 9 nitrogen and oxygen atoms in total. The zero-order valence-corrected chi connectivity index (χ0v) is 16.6. The van der Waals surface area contributed by atoms with E-state index < -0.39 is 5.76 Å². The zero-order valence-electron chi connectivity index (χ0n) is 15.8. The summed E-state index contributed by atoms with van der Waals surface area (Å²) in [5.41, 5.74) is 1.37. The second kappa shape index (κ2) is 7.38. The molecule has 0 saturated heterocycles. The standard InChI is InChI=1S/C20H16N4O5S/c1-24-18(17-9-27-14-4-2-3-5-15(14)28-17)22-23-19(24)30-10-13(25)11-6-7-12-16(8-11)29-20(26)21-12/h2-8,17H,9-10H2,1H3,(H,21,26). The molecule has 1 atom stereocenters. The molecule has 10 heteroatoms. The molecule has 1 aliphatic heterocycles. The predicted octanol–water partition coefficient (Wildman–Crippen LogP) is 2.74. The Hall–Kier alpha value is -3.53. The van der Waals surface area contributed by atoms with Crippen molar-refractivity contribution >= 4 is 28.6 Å². The van der Waals surface area contributed by atoms with Gasteiger partial charge < -0.3 is 18.5 Å². The fraction of sp³-hybridized carbons (Fsp3) is 0.200. The van der Waals surface area contributed by atoms with E-state index in [2.05, 4.69) is 15.2 Å². The average molecular weight is 424 g/mol. The molecule has 0 spiro atoms. The summed E-state index contributed by atoms with van der Waals surface area (Å²) in [5.74, 6) is 1.49. The summed E-state index contributed by atoms with van der Waals surface area (Å²) in [6, 6.07) is 12.3. The molecule has 0 radical (unpaired) electrons. The number of hydrogen-bond donors (Lipinski definition) is 1. The van der Waals surface area contributed by atoms with Gasteiger partial charge in [-0.2, -0.15) is 0 Å². The largest absolute Gasteiger partial charge is 0.485 e. The number of aromatic amines is 1. The van der Waals surface area contributed by atoms with Gasteiger partial charge in [-0.1, -0.05) is 23.9 Å². The number of thioether (sulfide) groups is 1. The Morgan fingerprint density at radius 3 is 2.93 bits per heavy atom. The van der Waals surface area contributed by atoms with Crippen LogP contribution in [0.25, 0.3) is 11.1 Å². The number of aromatic nitrogens is 4. The second-order valence-corrected chi connectivity index (χ2v) is 7.64. The molecule has 0 amide bonds. The van der Waals surface area contributed by atoms with E-state index in [4.69, 9.17) is 13.9 Å².